The molecule has 1 amide bonds. The number of nitrogens with one attached hydrogen (secondary N) is 1. The fraction of sp³-hybridized carbons (Fsp3) is 0.417. The maximum absolute atomic E-state index is 11.3. The van der Waals surface area contributed by atoms with Crippen molar-refractivity contribution in [3.63, 3.8) is 0 Å². The van der Waals surface area contributed by atoms with Crippen LogP contribution in [-0.4, -0.2) is 30.3 Å². The number of rotatable bonds is 7. The molecule has 0 aromatic heterocycles. The molecule has 0 atom stereocenters. The van der Waals surface area contributed by atoms with Crippen molar-refractivity contribution >= 4 is 34.4 Å². The standard InChI is InChI=1S/C12H16INO3/c13-7-4-8-16-9-10-17-12(15)14-11-5-2-1-3-6-11/h1-3,5-6H,4,7-10H2,(H,14,15). The smallest absolute Gasteiger partial charge is 0.411 e. The van der Waals surface area contributed by atoms with E-state index in [2.05, 4.69) is 27.9 Å². The zero-order valence-electron chi connectivity index (χ0n) is 9.52. The first-order valence-electron chi connectivity index (χ1n) is 5.45. The zero-order valence-corrected chi connectivity index (χ0v) is 11.7. The summed E-state index contributed by atoms with van der Waals surface area (Å²) in [4.78, 5) is 11.3. The minimum Gasteiger partial charge on any atom is -0.447 e. The Hall–Kier alpha value is -0.820. The van der Waals surface area contributed by atoms with Crippen LogP contribution in [0.3, 0.4) is 0 Å². The van der Waals surface area contributed by atoms with Gasteiger partial charge in [0.05, 0.1) is 6.61 Å². The number of hydrogen-bond acceptors (Lipinski definition) is 3. The lowest BCUT2D eigenvalue weighted by atomic mass is 10.3. The predicted octanol–water partition coefficient (Wildman–Crippen LogP) is 3.08. The van der Waals surface area contributed by atoms with E-state index in [9.17, 15) is 4.79 Å². The summed E-state index contributed by atoms with van der Waals surface area (Å²) in [6.45, 7) is 1.44. The van der Waals surface area contributed by atoms with Crippen molar-refractivity contribution in [1.82, 2.24) is 0 Å². The largest absolute Gasteiger partial charge is 0.447 e. The van der Waals surface area contributed by atoms with Crippen LogP contribution in [0.2, 0.25) is 0 Å². The number of halogens is 1. The van der Waals surface area contributed by atoms with Crippen LogP contribution in [0.5, 0.6) is 0 Å². The van der Waals surface area contributed by atoms with Crippen molar-refractivity contribution in [3.05, 3.63) is 30.3 Å². The highest BCUT2D eigenvalue weighted by Gasteiger charge is 2.01. The molecule has 0 bridgehead atoms. The van der Waals surface area contributed by atoms with Gasteiger partial charge in [0.25, 0.3) is 0 Å². The molecule has 0 aliphatic heterocycles. The molecule has 0 fully saturated rings. The molecule has 0 radical (unpaired) electrons. The van der Waals surface area contributed by atoms with E-state index in [0.29, 0.717) is 13.2 Å². The van der Waals surface area contributed by atoms with Gasteiger partial charge in [0.2, 0.25) is 0 Å². The first-order chi connectivity index (χ1) is 8.33. The van der Waals surface area contributed by atoms with Crippen molar-refractivity contribution in [2.45, 2.75) is 6.42 Å². The molecule has 0 saturated carbocycles. The van der Waals surface area contributed by atoms with Gasteiger partial charge < -0.3 is 9.47 Å². The molecule has 1 N–H and O–H groups in total. The third kappa shape index (κ3) is 7.17. The van der Waals surface area contributed by atoms with Gasteiger partial charge in [-0.3, -0.25) is 5.32 Å². The average Bonchev–Trinajstić information content (AvgIpc) is 2.35. The second kappa shape index (κ2) is 9.23. The van der Waals surface area contributed by atoms with Crippen LogP contribution in [0.4, 0.5) is 10.5 Å². The maximum Gasteiger partial charge on any atom is 0.411 e. The molecular weight excluding hydrogens is 333 g/mol. The maximum atomic E-state index is 11.3. The van der Waals surface area contributed by atoms with E-state index >= 15 is 0 Å². The number of carbonyl (C=O) groups is 1. The minimum absolute atomic E-state index is 0.278. The number of carbonyl (C=O) groups excluding carboxylic acids is 1. The monoisotopic (exact) mass is 349 g/mol. The number of anilines is 1. The van der Waals surface area contributed by atoms with Crippen molar-refractivity contribution < 1.29 is 14.3 Å². The Bertz CT molecular complexity index is 319. The van der Waals surface area contributed by atoms with E-state index in [1.165, 1.54) is 0 Å². The quantitative estimate of drug-likeness (QED) is 0.468. The molecule has 4 nitrogen and oxygen atoms in total. The number of ether oxygens (including phenoxy) is 2. The predicted molar refractivity (Wildman–Crippen MR) is 75.7 cm³/mol. The van der Waals surface area contributed by atoms with Crippen LogP contribution in [-0.2, 0) is 9.47 Å². The van der Waals surface area contributed by atoms with Crippen LogP contribution >= 0.6 is 22.6 Å². The third-order valence-electron chi connectivity index (χ3n) is 1.90. The number of amides is 1. The van der Waals surface area contributed by atoms with Gasteiger partial charge in [-0.25, -0.2) is 4.79 Å². The summed E-state index contributed by atoms with van der Waals surface area (Å²) in [6.07, 6.45) is 0.574. The van der Waals surface area contributed by atoms with E-state index < -0.39 is 6.09 Å². The van der Waals surface area contributed by atoms with Gasteiger partial charge in [-0.2, -0.15) is 0 Å². The molecule has 94 valence electrons. The van der Waals surface area contributed by atoms with E-state index in [1.807, 2.05) is 18.2 Å². The Kier molecular flexibility index (Phi) is 7.74. The molecule has 0 spiro atoms. The Morgan fingerprint density at radius 2 is 1.94 bits per heavy atom. The molecule has 17 heavy (non-hydrogen) atoms. The number of benzene rings is 1. The van der Waals surface area contributed by atoms with Crippen molar-refractivity contribution in [2.24, 2.45) is 0 Å². The van der Waals surface area contributed by atoms with Crippen molar-refractivity contribution in [1.29, 1.82) is 0 Å². The van der Waals surface area contributed by atoms with Gasteiger partial charge in [0.15, 0.2) is 0 Å². The van der Waals surface area contributed by atoms with Gasteiger partial charge >= 0.3 is 6.09 Å². The fourth-order valence-electron chi connectivity index (χ4n) is 1.13. The lowest BCUT2D eigenvalue weighted by molar-refractivity contribution is 0.0791. The van der Waals surface area contributed by atoms with E-state index in [-0.39, 0.29) is 6.61 Å². The Morgan fingerprint density at radius 1 is 1.18 bits per heavy atom. The lowest BCUT2D eigenvalue weighted by Gasteiger charge is -2.07. The molecule has 0 saturated heterocycles. The molecule has 5 heteroatoms. The van der Waals surface area contributed by atoms with Crippen LogP contribution in [0.15, 0.2) is 30.3 Å². The topological polar surface area (TPSA) is 47.6 Å². The number of alkyl halides is 1. The second-order valence-corrected chi connectivity index (χ2v) is 4.36. The summed E-state index contributed by atoms with van der Waals surface area (Å²) in [5.41, 5.74) is 0.725. The van der Waals surface area contributed by atoms with Crippen LogP contribution in [0, 0.1) is 0 Å². The minimum atomic E-state index is -0.450. The van der Waals surface area contributed by atoms with Crippen molar-refractivity contribution in [2.75, 3.05) is 29.6 Å². The summed E-state index contributed by atoms with van der Waals surface area (Å²) in [6, 6.07) is 9.19. The molecule has 0 aliphatic carbocycles. The van der Waals surface area contributed by atoms with Gasteiger partial charge in [-0.15, -0.1) is 0 Å². The molecule has 0 aliphatic rings. The molecule has 0 unspecified atom stereocenters. The zero-order chi connectivity index (χ0) is 12.3. The van der Waals surface area contributed by atoms with Crippen molar-refractivity contribution in [3.8, 4) is 0 Å². The number of para-hydroxylation sites is 1. The summed E-state index contributed by atoms with van der Waals surface area (Å²) in [7, 11) is 0. The molecular formula is C12H16INO3. The van der Waals surface area contributed by atoms with Crippen LogP contribution in [0.1, 0.15) is 6.42 Å². The highest BCUT2D eigenvalue weighted by molar-refractivity contribution is 14.1. The first-order valence-corrected chi connectivity index (χ1v) is 6.98. The molecule has 1 rings (SSSR count). The second-order valence-electron chi connectivity index (χ2n) is 3.28. The van der Waals surface area contributed by atoms with Gasteiger partial charge in [-0.1, -0.05) is 40.8 Å². The van der Waals surface area contributed by atoms with E-state index in [0.717, 1.165) is 16.5 Å². The molecule has 1 aromatic rings. The van der Waals surface area contributed by atoms with Gasteiger partial charge in [-0.05, 0) is 18.6 Å². The summed E-state index contributed by atoms with van der Waals surface area (Å²) >= 11 is 2.30. The number of hydrogen-bond donors (Lipinski definition) is 1. The van der Waals surface area contributed by atoms with E-state index in [4.69, 9.17) is 9.47 Å². The normalized spacial score (nSPS) is 9.94. The highest BCUT2D eigenvalue weighted by atomic mass is 127. The Morgan fingerprint density at radius 3 is 2.65 bits per heavy atom. The fourth-order valence-corrected chi connectivity index (χ4v) is 1.44. The Balaban J connectivity index is 2.06. The SMILES string of the molecule is O=C(Nc1ccccc1)OCCOCCCI. The van der Waals surface area contributed by atoms with Gasteiger partial charge in [0, 0.05) is 16.7 Å². The van der Waals surface area contributed by atoms with Crippen LogP contribution < -0.4 is 5.32 Å². The average molecular weight is 349 g/mol. The summed E-state index contributed by atoms with van der Waals surface area (Å²) < 4.78 is 11.3. The summed E-state index contributed by atoms with van der Waals surface area (Å²) in [5.74, 6) is 0. The summed E-state index contributed by atoms with van der Waals surface area (Å²) in [5, 5.41) is 2.63. The van der Waals surface area contributed by atoms with Crippen LogP contribution in [0.25, 0.3) is 0 Å². The lowest BCUT2D eigenvalue weighted by Crippen LogP contribution is -2.16. The third-order valence-corrected chi connectivity index (χ3v) is 2.67. The molecule has 1 aromatic carbocycles. The van der Waals surface area contributed by atoms with Gasteiger partial charge in [0.1, 0.15) is 6.61 Å². The highest BCUT2D eigenvalue weighted by Crippen LogP contribution is 2.04. The Labute approximate surface area is 115 Å². The first kappa shape index (κ1) is 14.2. The van der Waals surface area contributed by atoms with E-state index in [1.54, 1.807) is 12.1 Å². The molecule has 0 heterocycles.